The molecule has 0 amide bonds. The van der Waals surface area contributed by atoms with Crippen LogP contribution in [0.4, 0.5) is 5.95 Å². The number of rotatable bonds is 2. The molecule has 0 saturated heterocycles. The zero-order chi connectivity index (χ0) is 11.5. The van der Waals surface area contributed by atoms with Crippen molar-refractivity contribution in [2.75, 3.05) is 5.73 Å². The van der Waals surface area contributed by atoms with Crippen LogP contribution in [0.15, 0.2) is 40.4 Å². The van der Waals surface area contributed by atoms with E-state index in [9.17, 15) is 0 Å². The minimum atomic E-state index is 0.239. The van der Waals surface area contributed by atoms with Crippen molar-refractivity contribution < 1.29 is 0 Å². The Kier molecular flexibility index (Phi) is 3.53. The fraction of sp³-hybridized carbons (Fsp3) is 0. The smallest absolute Gasteiger partial charge is 0.221 e. The molecule has 2 N–H and O–H groups in total. The quantitative estimate of drug-likeness (QED) is 0.850. The molecule has 82 valence electrons. The zero-order valence-corrected chi connectivity index (χ0v) is 10.4. The van der Waals surface area contributed by atoms with E-state index in [-0.39, 0.29) is 5.95 Å². The first-order chi connectivity index (χ1) is 7.65. The Balaban J connectivity index is 2.30. The van der Waals surface area contributed by atoms with Gasteiger partial charge in [-0.15, -0.1) is 0 Å². The monoisotopic (exact) mass is 271 g/mol. The van der Waals surface area contributed by atoms with E-state index < -0.39 is 0 Å². The van der Waals surface area contributed by atoms with Gasteiger partial charge in [0.1, 0.15) is 5.03 Å². The number of hydrogen-bond donors (Lipinski definition) is 1. The van der Waals surface area contributed by atoms with Crippen molar-refractivity contribution in [1.29, 1.82) is 0 Å². The molecule has 0 aliphatic heterocycles. The average molecular weight is 272 g/mol. The summed E-state index contributed by atoms with van der Waals surface area (Å²) in [4.78, 5) is 8.72. The fourth-order valence-corrected chi connectivity index (χ4v) is 2.40. The van der Waals surface area contributed by atoms with Gasteiger partial charge in [0.25, 0.3) is 0 Å². The van der Waals surface area contributed by atoms with Gasteiger partial charge in [0.15, 0.2) is 0 Å². The highest BCUT2D eigenvalue weighted by molar-refractivity contribution is 7.99. The van der Waals surface area contributed by atoms with Gasteiger partial charge in [0, 0.05) is 16.1 Å². The Morgan fingerprint density at radius 1 is 1.19 bits per heavy atom. The molecule has 6 heteroatoms. The highest BCUT2D eigenvalue weighted by Crippen LogP contribution is 2.33. The summed E-state index contributed by atoms with van der Waals surface area (Å²) < 4.78 is 0. The second-order valence-electron chi connectivity index (χ2n) is 2.93. The molecule has 0 atom stereocenters. The molecule has 1 aromatic carbocycles. The highest BCUT2D eigenvalue weighted by Gasteiger charge is 2.05. The highest BCUT2D eigenvalue weighted by atomic mass is 35.5. The molecule has 2 rings (SSSR count). The van der Waals surface area contributed by atoms with Gasteiger partial charge in [-0.1, -0.05) is 35.0 Å². The molecule has 0 spiro atoms. The van der Waals surface area contributed by atoms with E-state index in [4.69, 9.17) is 28.9 Å². The summed E-state index contributed by atoms with van der Waals surface area (Å²) in [5, 5.41) is 2.00. The van der Waals surface area contributed by atoms with Crippen molar-refractivity contribution in [1.82, 2.24) is 9.97 Å². The Bertz CT molecular complexity index is 519. The van der Waals surface area contributed by atoms with Crippen LogP contribution in [-0.4, -0.2) is 9.97 Å². The molecule has 0 radical (unpaired) electrons. The lowest BCUT2D eigenvalue weighted by molar-refractivity contribution is 1.06. The first kappa shape index (κ1) is 11.5. The van der Waals surface area contributed by atoms with Crippen LogP contribution in [0.1, 0.15) is 0 Å². The minimum absolute atomic E-state index is 0.239. The second kappa shape index (κ2) is 4.91. The molecular formula is C10H7Cl2N3S. The van der Waals surface area contributed by atoms with Gasteiger partial charge >= 0.3 is 0 Å². The molecule has 1 aromatic heterocycles. The van der Waals surface area contributed by atoms with E-state index in [0.717, 1.165) is 9.92 Å². The topological polar surface area (TPSA) is 51.8 Å². The summed E-state index contributed by atoms with van der Waals surface area (Å²) in [6.07, 6.45) is 1.60. The van der Waals surface area contributed by atoms with E-state index in [1.54, 1.807) is 30.5 Å². The second-order valence-corrected chi connectivity index (χ2v) is 4.84. The minimum Gasteiger partial charge on any atom is -0.368 e. The van der Waals surface area contributed by atoms with Crippen molar-refractivity contribution in [3.8, 4) is 0 Å². The third-order valence-corrected chi connectivity index (χ3v) is 3.43. The number of nitrogens with two attached hydrogens (primary N) is 1. The van der Waals surface area contributed by atoms with E-state index in [2.05, 4.69) is 9.97 Å². The largest absolute Gasteiger partial charge is 0.368 e. The normalized spacial score (nSPS) is 10.4. The van der Waals surface area contributed by atoms with Gasteiger partial charge in [0.2, 0.25) is 5.95 Å². The van der Waals surface area contributed by atoms with Crippen molar-refractivity contribution >= 4 is 40.9 Å². The molecule has 16 heavy (non-hydrogen) atoms. The summed E-state index contributed by atoms with van der Waals surface area (Å²) >= 11 is 13.3. The van der Waals surface area contributed by atoms with Crippen LogP contribution in [0, 0.1) is 0 Å². The summed E-state index contributed by atoms with van der Waals surface area (Å²) in [5.41, 5.74) is 5.49. The lowest BCUT2D eigenvalue weighted by Crippen LogP contribution is -1.94. The van der Waals surface area contributed by atoms with Crippen molar-refractivity contribution in [3.05, 3.63) is 40.5 Å². The fourth-order valence-electron chi connectivity index (χ4n) is 1.08. The maximum atomic E-state index is 6.03. The van der Waals surface area contributed by atoms with Gasteiger partial charge < -0.3 is 5.73 Å². The molecule has 0 aliphatic carbocycles. The third kappa shape index (κ3) is 2.78. The van der Waals surface area contributed by atoms with Gasteiger partial charge in [0.05, 0.1) is 5.02 Å². The van der Waals surface area contributed by atoms with Crippen LogP contribution in [0.3, 0.4) is 0 Å². The van der Waals surface area contributed by atoms with Gasteiger partial charge in [-0.3, -0.25) is 0 Å². The van der Waals surface area contributed by atoms with Crippen LogP contribution < -0.4 is 5.73 Å². The molecular weight excluding hydrogens is 265 g/mol. The van der Waals surface area contributed by atoms with Gasteiger partial charge in [-0.2, -0.15) is 0 Å². The van der Waals surface area contributed by atoms with Crippen LogP contribution in [0.25, 0.3) is 0 Å². The van der Waals surface area contributed by atoms with Crippen LogP contribution in [0.5, 0.6) is 0 Å². The number of nitrogen functional groups attached to an aromatic ring is 1. The van der Waals surface area contributed by atoms with Gasteiger partial charge in [-0.05, 0) is 24.3 Å². The van der Waals surface area contributed by atoms with E-state index in [1.165, 1.54) is 11.8 Å². The van der Waals surface area contributed by atoms with Crippen LogP contribution in [-0.2, 0) is 0 Å². The maximum Gasteiger partial charge on any atom is 0.221 e. The van der Waals surface area contributed by atoms with Crippen molar-refractivity contribution in [3.63, 3.8) is 0 Å². The lowest BCUT2D eigenvalue weighted by atomic mass is 10.4. The maximum absolute atomic E-state index is 6.03. The Labute approximate surface area is 107 Å². The molecule has 2 aromatic rings. The number of benzene rings is 1. The first-order valence-corrected chi connectivity index (χ1v) is 5.94. The summed E-state index contributed by atoms with van der Waals surface area (Å²) in [6.45, 7) is 0. The van der Waals surface area contributed by atoms with Crippen LogP contribution in [0.2, 0.25) is 10.0 Å². The summed E-state index contributed by atoms with van der Waals surface area (Å²) in [7, 11) is 0. The molecule has 1 heterocycles. The molecule has 0 saturated carbocycles. The summed E-state index contributed by atoms with van der Waals surface area (Å²) in [6, 6.07) is 7.03. The van der Waals surface area contributed by atoms with Gasteiger partial charge in [-0.25, -0.2) is 9.97 Å². The number of nitrogens with zero attached hydrogens (tertiary/aromatic N) is 2. The number of halogens is 2. The Morgan fingerprint density at radius 3 is 2.75 bits per heavy atom. The van der Waals surface area contributed by atoms with E-state index >= 15 is 0 Å². The number of aromatic nitrogens is 2. The Hall–Kier alpha value is -0.970. The van der Waals surface area contributed by atoms with Crippen molar-refractivity contribution in [2.24, 2.45) is 0 Å². The van der Waals surface area contributed by atoms with E-state index in [1.807, 2.05) is 0 Å². The zero-order valence-electron chi connectivity index (χ0n) is 8.02. The Morgan fingerprint density at radius 2 is 2.00 bits per heavy atom. The molecule has 0 unspecified atom stereocenters. The molecule has 0 aliphatic rings. The summed E-state index contributed by atoms with van der Waals surface area (Å²) in [5.74, 6) is 0.239. The molecule has 0 bridgehead atoms. The van der Waals surface area contributed by atoms with Crippen LogP contribution >= 0.6 is 35.0 Å². The van der Waals surface area contributed by atoms with E-state index in [0.29, 0.717) is 10.0 Å². The SMILES string of the molecule is Nc1nccc(Sc2cc(Cl)ccc2Cl)n1. The number of anilines is 1. The number of hydrogen-bond acceptors (Lipinski definition) is 4. The lowest BCUT2D eigenvalue weighted by Gasteiger charge is -2.04. The average Bonchev–Trinajstić information content (AvgIpc) is 2.24. The third-order valence-electron chi connectivity index (χ3n) is 1.76. The predicted molar refractivity (Wildman–Crippen MR) is 67.0 cm³/mol. The van der Waals surface area contributed by atoms with Crippen molar-refractivity contribution in [2.45, 2.75) is 9.92 Å². The first-order valence-electron chi connectivity index (χ1n) is 4.36. The standard InChI is InChI=1S/C10H7Cl2N3S/c11-6-1-2-7(12)8(5-6)16-9-3-4-14-10(13)15-9/h1-5H,(H2,13,14,15). The predicted octanol–water partition coefficient (Wildman–Crippen LogP) is 3.52. The molecule has 3 nitrogen and oxygen atoms in total. The molecule has 0 fully saturated rings.